The van der Waals surface area contributed by atoms with Crippen molar-refractivity contribution in [1.82, 2.24) is 10.3 Å². The van der Waals surface area contributed by atoms with Crippen LogP contribution in [0.5, 0.6) is 5.75 Å². The fraction of sp³-hybridized carbons (Fsp3) is 0.214. The average Bonchev–Trinajstić information content (AvgIpc) is 2.37. The first-order valence-electron chi connectivity index (χ1n) is 5.75. The third kappa shape index (κ3) is 3.00. The highest BCUT2D eigenvalue weighted by molar-refractivity contribution is 6.32. The quantitative estimate of drug-likeness (QED) is 0.890. The zero-order chi connectivity index (χ0) is 13.0. The van der Waals surface area contributed by atoms with E-state index in [1.54, 1.807) is 12.3 Å². The van der Waals surface area contributed by atoms with E-state index in [2.05, 4.69) is 17.2 Å². The van der Waals surface area contributed by atoms with Crippen molar-refractivity contribution < 1.29 is 5.11 Å². The number of aromatic nitrogens is 1. The Morgan fingerprint density at radius 3 is 2.78 bits per heavy atom. The maximum Gasteiger partial charge on any atom is 0.138 e. The minimum Gasteiger partial charge on any atom is -0.506 e. The van der Waals surface area contributed by atoms with E-state index in [4.69, 9.17) is 11.6 Å². The smallest absolute Gasteiger partial charge is 0.138 e. The van der Waals surface area contributed by atoms with Gasteiger partial charge in [0.25, 0.3) is 0 Å². The molecule has 18 heavy (non-hydrogen) atoms. The molecule has 1 aromatic heterocycles. The van der Waals surface area contributed by atoms with Crippen LogP contribution in [0.4, 0.5) is 0 Å². The van der Waals surface area contributed by atoms with Gasteiger partial charge >= 0.3 is 0 Å². The Morgan fingerprint density at radius 1 is 1.22 bits per heavy atom. The highest BCUT2D eigenvalue weighted by atomic mass is 35.5. The van der Waals surface area contributed by atoms with Gasteiger partial charge in [-0.25, -0.2) is 0 Å². The number of hydrogen-bond acceptors (Lipinski definition) is 3. The van der Waals surface area contributed by atoms with E-state index in [0.29, 0.717) is 18.1 Å². The molecule has 0 fully saturated rings. The van der Waals surface area contributed by atoms with E-state index in [9.17, 15) is 5.11 Å². The molecule has 0 aliphatic rings. The molecule has 2 N–H and O–H groups in total. The van der Waals surface area contributed by atoms with Gasteiger partial charge in [0.2, 0.25) is 0 Å². The summed E-state index contributed by atoms with van der Waals surface area (Å²) in [7, 11) is 0. The Kier molecular flexibility index (Phi) is 4.18. The van der Waals surface area contributed by atoms with Crippen LogP contribution in [-0.2, 0) is 13.1 Å². The van der Waals surface area contributed by atoms with Crippen molar-refractivity contribution in [2.45, 2.75) is 20.0 Å². The number of hydrogen-bond donors (Lipinski definition) is 2. The summed E-state index contributed by atoms with van der Waals surface area (Å²) in [5.74, 6) is 0.148. The molecule has 3 nitrogen and oxygen atoms in total. The molecule has 0 aliphatic carbocycles. The van der Waals surface area contributed by atoms with Gasteiger partial charge in [-0.1, -0.05) is 23.7 Å². The number of benzene rings is 1. The van der Waals surface area contributed by atoms with Gasteiger partial charge < -0.3 is 10.4 Å². The second-order valence-electron chi connectivity index (χ2n) is 4.15. The molecule has 1 heterocycles. The number of nitrogens with one attached hydrogen (secondary N) is 1. The predicted molar refractivity (Wildman–Crippen MR) is 72.6 cm³/mol. The van der Waals surface area contributed by atoms with Crippen molar-refractivity contribution in [2.24, 2.45) is 0 Å². The van der Waals surface area contributed by atoms with Gasteiger partial charge in [0.15, 0.2) is 0 Å². The van der Waals surface area contributed by atoms with Gasteiger partial charge in [0.1, 0.15) is 5.75 Å². The Labute approximate surface area is 111 Å². The fourth-order valence-electron chi connectivity index (χ4n) is 1.72. The topological polar surface area (TPSA) is 45.2 Å². The summed E-state index contributed by atoms with van der Waals surface area (Å²) in [6.07, 6.45) is 3.63. The molecule has 2 rings (SSSR count). The first-order chi connectivity index (χ1) is 8.68. The minimum atomic E-state index is 0.148. The van der Waals surface area contributed by atoms with Crippen molar-refractivity contribution in [3.05, 3.63) is 58.4 Å². The number of phenolic OH excluding ortho intramolecular Hbond substituents is 1. The van der Waals surface area contributed by atoms with E-state index >= 15 is 0 Å². The Morgan fingerprint density at radius 2 is 2.00 bits per heavy atom. The van der Waals surface area contributed by atoms with Gasteiger partial charge in [-0.3, -0.25) is 4.98 Å². The monoisotopic (exact) mass is 262 g/mol. The number of halogens is 1. The molecule has 0 aliphatic heterocycles. The largest absolute Gasteiger partial charge is 0.506 e. The van der Waals surface area contributed by atoms with Crippen LogP contribution in [0.25, 0.3) is 0 Å². The van der Waals surface area contributed by atoms with Crippen LogP contribution in [-0.4, -0.2) is 10.1 Å². The summed E-state index contributed by atoms with van der Waals surface area (Å²) in [5, 5.41) is 13.4. The van der Waals surface area contributed by atoms with E-state index in [-0.39, 0.29) is 5.75 Å². The molecule has 0 bridgehead atoms. The Bertz CT molecular complexity index is 543. The van der Waals surface area contributed by atoms with Gasteiger partial charge in [0, 0.05) is 31.0 Å². The molecule has 0 unspecified atom stereocenters. The Hall–Kier alpha value is -1.58. The van der Waals surface area contributed by atoms with Crippen LogP contribution in [0.3, 0.4) is 0 Å². The van der Waals surface area contributed by atoms with Crippen LogP contribution in [0, 0.1) is 6.92 Å². The van der Waals surface area contributed by atoms with E-state index < -0.39 is 0 Å². The summed E-state index contributed by atoms with van der Waals surface area (Å²) in [6, 6.07) is 7.33. The lowest BCUT2D eigenvalue weighted by atomic mass is 10.1. The molecule has 1 aromatic carbocycles. The Balaban J connectivity index is 1.97. The van der Waals surface area contributed by atoms with Crippen LogP contribution < -0.4 is 5.32 Å². The average molecular weight is 263 g/mol. The molecule has 0 amide bonds. The third-order valence-electron chi connectivity index (χ3n) is 2.85. The maximum atomic E-state index is 9.77. The normalized spacial score (nSPS) is 10.6. The lowest BCUT2D eigenvalue weighted by Gasteiger charge is -2.09. The molecule has 2 aromatic rings. The van der Waals surface area contributed by atoms with Crippen LogP contribution >= 0.6 is 11.6 Å². The van der Waals surface area contributed by atoms with E-state index in [1.165, 1.54) is 5.56 Å². The predicted octanol–water partition coefficient (Wildman–Crippen LogP) is 3.04. The van der Waals surface area contributed by atoms with Crippen LogP contribution in [0.15, 0.2) is 36.7 Å². The summed E-state index contributed by atoms with van der Waals surface area (Å²) >= 11 is 5.85. The van der Waals surface area contributed by atoms with Crippen molar-refractivity contribution >= 4 is 11.6 Å². The summed E-state index contributed by atoms with van der Waals surface area (Å²) in [4.78, 5) is 4.09. The summed E-state index contributed by atoms with van der Waals surface area (Å²) in [6.45, 7) is 3.34. The van der Waals surface area contributed by atoms with E-state index in [1.807, 2.05) is 24.4 Å². The van der Waals surface area contributed by atoms with Crippen LogP contribution in [0.2, 0.25) is 5.02 Å². The second-order valence-corrected chi connectivity index (χ2v) is 4.56. The molecule has 4 heteroatoms. The minimum absolute atomic E-state index is 0.148. The van der Waals surface area contributed by atoms with Crippen molar-refractivity contribution in [3.8, 4) is 5.75 Å². The van der Waals surface area contributed by atoms with Crippen LogP contribution in [0.1, 0.15) is 16.7 Å². The first kappa shape index (κ1) is 12.9. The number of rotatable bonds is 4. The number of aryl methyl sites for hydroxylation is 1. The number of aromatic hydroxyl groups is 1. The summed E-state index contributed by atoms with van der Waals surface area (Å²) in [5.41, 5.74) is 3.15. The maximum absolute atomic E-state index is 9.77. The number of nitrogens with zero attached hydrogens (tertiary/aromatic N) is 1. The zero-order valence-corrected chi connectivity index (χ0v) is 10.9. The fourth-order valence-corrected chi connectivity index (χ4v) is 1.91. The molecule has 0 spiro atoms. The molecular weight excluding hydrogens is 248 g/mol. The van der Waals surface area contributed by atoms with Gasteiger partial charge in [-0.15, -0.1) is 0 Å². The lowest BCUT2D eigenvalue weighted by Crippen LogP contribution is -2.13. The SMILES string of the molecule is Cc1ccncc1CNCc1cccc(Cl)c1O. The lowest BCUT2D eigenvalue weighted by molar-refractivity contribution is 0.464. The van der Waals surface area contributed by atoms with Gasteiger partial charge in [-0.05, 0) is 30.2 Å². The standard InChI is InChI=1S/C14H15ClN2O/c1-10-5-6-16-8-12(10)9-17-7-11-3-2-4-13(15)14(11)18/h2-6,8,17-18H,7,9H2,1H3. The third-order valence-corrected chi connectivity index (χ3v) is 3.15. The molecule has 0 atom stereocenters. The highest BCUT2D eigenvalue weighted by Gasteiger charge is 2.04. The van der Waals surface area contributed by atoms with Gasteiger partial charge in [-0.2, -0.15) is 0 Å². The number of pyridine rings is 1. The van der Waals surface area contributed by atoms with Crippen molar-refractivity contribution in [1.29, 1.82) is 0 Å². The first-order valence-corrected chi connectivity index (χ1v) is 6.13. The van der Waals surface area contributed by atoms with E-state index in [0.717, 1.165) is 11.1 Å². The highest BCUT2D eigenvalue weighted by Crippen LogP contribution is 2.26. The number of para-hydroxylation sites is 1. The molecule has 94 valence electrons. The number of phenols is 1. The second kappa shape index (κ2) is 5.85. The van der Waals surface area contributed by atoms with Gasteiger partial charge in [0.05, 0.1) is 5.02 Å². The molecule has 0 radical (unpaired) electrons. The molecular formula is C14H15ClN2O. The van der Waals surface area contributed by atoms with Crippen molar-refractivity contribution in [2.75, 3.05) is 0 Å². The molecule has 0 saturated heterocycles. The summed E-state index contributed by atoms with van der Waals surface area (Å²) < 4.78 is 0. The zero-order valence-electron chi connectivity index (χ0n) is 10.2. The van der Waals surface area contributed by atoms with Crippen molar-refractivity contribution in [3.63, 3.8) is 0 Å². The molecule has 0 saturated carbocycles.